The molecule has 1 heterocycles. The summed E-state index contributed by atoms with van der Waals surface area (Å²) in [5.41, 5.74) is 7.57. The maximum atomic E-state index is 5.31. The standard InChI is InChI=1S/C6H10N4S.2ClH/c7-6(10-8)9-4-5-2-1-3-11-5;;/h1-3H,4,8H2,(H3,7,9,10);2*1H. The van der Waals surface area contributed by atoms with Crippen LogP contribution < -0.4 is 17.0 Å². The van der Waals surface area contributed by atoms with Gasteiger partial charge < -0.3 is 5.73 Å². The van der Waals surface area contributed by atoms with Gasteiger partial charge in [-0.25, -0.2) is 10.8 Å². The number of aliphatic imine (C=N–C) groups is 1. The molecule has 0 atom stereocenters. The van der Waals surface area contributed by atoms with Gasteiger partial charge in [-0.1, -0.05) is 6.07 Å². The SMILES string of the molecule is Cl.Cl.NNC(N)=NCc1cccs1. The first-order chi connectivity index (χ1) is 5.33. The lowest BCUT2D eigenvalue weighted by Crippen LogP contribution is -2.36. The Balaban J connectivity index is 0. The zero-order valence-electron chi connectivity index (χ0n) is 6.77. The molecule has 0 fully saturated rings. The Bertz CT molecular complexity index is 237. The third kappa shape index (κ3) is 5.70. The summed E-state index contributed by atoms with van der Waals surface area (Å²) in [6.45, 7) is 0.591. The first-order valence-electron chi connectivity index (χ1n) is 3.12. The van der Waals surface area contributed by atoms with Gasteiger partial charge in [0.05, 0.1) is 6.54 Å². The van der Waals surface area contributed by atoms with Crippen molar-refractivity contribution >= 4 is 42.1 Å². The number of nitrogens with zero attached hydrogens (tertiary/aromatic N) is 1. The number of guanidine groups is 1. The van der Waals surface area contributed by atoms with Crippen molar-refractivity contribution in [3.05, 3.63) is 22.4 Å². The fraction of sp³-hybridized carbons (Fsp3) is 0.167. The topological polar surface area (TPSA) is 76.4 Å². The second kappa shape index (κ2) is 8.12. The van der Waals surface area contributed by atoms with Gasteiger partial charge in [0.2, 0.25) is 5.96 Å². The molecule has 0 saturated carbocycles. The number of hydrogen-bond donors (Lipinski definition) is 3. The average Bonchev–Trinajstić information content (AvgIpc) is 2.52. The van der Waals surface area contributed by atoms with Crippen LogP contribution in [0.2, 0.25) is 0 Å². The van der Waals surface area contributed by atoms with Gasteiger partial charge >= 0.3 is 0 Å². The number of hydrazine groups is 1. The minimum atomic E-state index is 0. The van der Waals surface area contributed by atoms with Crippen LogP contribution in [0.25, 0.3) is 0 Å². The number of nitrogens with two attached hydrogens (primary N) is 2. The van der Waals surface area contributed by atoms with Crippen molar-refractivity contribution in [3.63, 3.8) is 0 Å². The quantitative estimate of drug-likeness (QED) is 0.312. The van der Waals surface area contributed by atoms with E-state index in [0.29, 0.717) is 6.54 Å². The molecule has 76 valence electrons. The van der Waals surface area contributed by atoms with Crippen LogP contribution in [0, 0.1) is 0 Å². The van der Waals surface area contributed by atoms with Crippen molar-refractivity contribution in [2.24, 2.45) is 16.6 Å². The molecule has 0 radical (unpaired) electrons. The summed E-state index contributed by atoms with van der Waals surface area (Å²) in [6.07, 6.45) is 0. The van der Waals surface area contributed by atoms with Gasteiger partial charge in [-0.15, -0.1) is 36.2 Å². The van der Waals surface area contributed by atoms with Crippen molar-refractivity contribution in [1.82, 2.24) is 5.43 Å². The van der Waals surface area contributed by atoms with Crippen LogP contribution in [-0.4, -0.2) is 5.96 Å². The maximum absolute atomic E-state index is 5.31. The van der Waals surface area contributed by atoms with E-state index in [0.717, 1.165) is 0 Å². The molecule has 4 nitrogen and oxygen atoms in total. The first kappa shape index (κ1) is 15.0. The molecule has 0 aromatic carbocycles. The minimum absolute atomic E-state index is 0. The van der Waals surface area contributed by atoms with E-state index in [9.17, 15) is 0 Å². The molecule has 0 aliphatic carbocycles. The number of halogens is 2. The highest BCUT2D eigenvalue weighted by Gasteiger charge is 1.90. The number of nitrogens with one attached hydrogen (secondary N) is 1. The molecule has 0 saturated heterocycles. The normalized spacial score (nSPS) is 9.77. The molecule has 1 aromatic heterocycles. The maximum Gasteiger partial charge on any atom is 0.203 e. The van der Waals surface area contributed by atoms with Gasteiger partial charge in [-0.05, 0) is 11.4 Å². The number of rotatable bonds is 2. The van der Waals surface area contributed by atoms with E-state index in [4.69, 9.17) is 11.6 Å². The summed E-state index contributed by atoms with van der Waals surface area (Å²) in [5, 5.41) is 2.00. The Kier molecular flexibility index (Phi) is 9.38. The van der Waals surface area contributed by atoms with Gasteiger partial charge in [0.1, 0.15) is 0 Å². The van der Waals surface area contributed by atoms with Crippen LogP contribution >= 0.6 is 36.2 Å². The summed E-state index contributed by atoms with van der Waals surface area (Å²) in [7, 11) is 0. The number of thiophene rings is 1. The molecule has 1 rings (SSSR count). The molecule has 0 spiro atoms. The molecule has 1 aromatic rings. The lowest BCUT2D eigenvalue weighted by molar-refractivity contribution is 0.966. The zero-order chi connectivity index (χ0) is 8.10. The molecular formula is C6H12Cl2N4S. The van der Waals surface area contributed by atoms with Gasteiger partial charge in [-0.3, -0.25) is 5.43 Å². The third-order valence-corrected chi connectivity index (χ3v) is 1.99. The van der Waals surface area contributed by atoms with Crippen molar-refractivity contribution < 1.29 is 0 Å². The Labute approximate surface area is 93.2 Å². The molecule has 0 unspecified atom stereocenters. The summed E-state index contributed by atoms with van der Waals surface area (Å²) in [6, 6.07) is 3.97. The molecule has 0 aliphatic rings. The molecule has 0 amide bonds. The number of hydrogen-bond acceptors (Lipinski definition) is 3. The molecule has 7 heteroatoms. The Hall–Kier alpha value is -0.490. The summed E-state index contributed by atoms with van der Waals surface area (Å²) >= 11 is 1.64. The van der Waals surface area contributed by atoms with Crippen LogP contribution in [-0.2, 0) is 6.54 Å². The highest BCUT2D eigenvalue weighted by molar-refractivity contribution is 7.09. The zero-order valence-corrected chi connectivity index (χ0v) is 9.22. The van der Waals surface area contributed by atoms with Gasteiger partial charge in [0, 0.05) is 4.88 Å². The van der Waals surface area contributed by atoms with Crippen molar-refractivity contribution in [3.8, 4) is 0 Å². The second-order valence-electron chi connectivity index (χ2n) is 1.93. The van der Waals surface area contributed by atoms with E-state index < -0.39 is 0 Å². The molecule has 0 bridgehead atoms. The highest BCUT2D eigenvalue weighted by Crippen LogP contribution is 2.08. The third-order valence-electron chi connectivity index (χ3n) is 1.13. The summed E-state index contributed by atoms with van der Waals surface area (Å²) in [5.74, 6) is 5.27. The van der Waals surface area contributed by atoms with E-state index in [1.807, 2.05) is 17.5 Å². The minimum Gasteiger partial charge on any atom is -0.369 e. The second-order valence-corrected chi connectivity index (χ2v) is 2.96. The fourth-order valence-corrected chi connectivity index (χ4v) is 1.24. The smallest absolute Gasteiger partial charge is 0.203 e. The summed E-state index contributed by atoms with van der Waals surface area (Å²) in [4.78, 5) is 5.12. The van der Waals surface area contributed by atoms with E-state index >= 15 is 0 Å². The molecule has 0 aliphatic heterocycles. The Morgan fingerprint density at radius 3 is 2.69 bits per heavy atom. The van der Waals surface area contributed by atoms with E-state index in [1.54, 1.807) is 11.3 Å². The van der Waals surface area contributed by atoms with E-state index in [-0.39, 0.29) is 30.8 Å². The largest absolute Gasteiger partial charge is 0.369 e. The molecule has 5 N–H and O–H groups in total. The van der Waals surface area contributed by atoms with Crippen LogP contribution in [0.15, 0.2) is 22.5 Å². The Morgan fingerprint density at radius 2 is 2.23 bits per heavy atom. The van der Waals surface area contributed by atoms with Crippen molar-refractivity contribution in [1.29, 1.82) is 0 Å². The van der Waals surface area contributed by atoms with Gasteiger partial charge in [0.15, 0.2) is 0 Å². The van der Waals surface area contributed by atoms with Crippen LogP contribution in [0.3, 0.4) is 0 Å². The van der Waals surface area contributed by atoms with Crippen LogP contribution in [0.5, 0.6) is 0 Å². The predicted molar refractivity (Wildman–Crippen MR) is 61.5 cm³/mol. The first-order valence-corrected chi connectivity index (χ1v) is 4.00. The van der Waals surface area contributed by atoms with E-state index in [1.165, 1.54) is 4.88 Å². The molecule has 13 heavy (non-hydrogen) atoms. The van der Waals surface area contributed by atoms with E-state index in [2.05, 4.69) is 10.4 Å². The predicted octanol–water partition coefficient (Wildman–Crippen LogP) is 0.870. The van der Waals surface area contributed by atoms with Crippen LogP contribution in [0.4, 0.5) is 0 Å². The van der Waals surface area contributed by atoms with Gasteiger partial charge in [0.25, 0.3) is 0 Å². The Morgan fingerprint density at radius 1 is 1.54 bits per heavy atom. The monoisotopic (exact) mass is 242 g/mol. The summed E-state index contributed by atoms with van der Waals surface area (Å²) < 4.78 is 0. The van der Waals surface area contributed by atoms with Gasteiger partial charge in [-0.2, -0.15) is 0 Å². The lowest BCUT2D eigenvalue weighted by atomic mass is 10.5. The highest BCUT2D eigenvalue weighted by atomic mass is 35.5. The average molecular weight is 243 g/mol. The van der Waals surface area contributed by atoms with Crippen LogP contribution in [0.1, 0.15) is 4.88 Å². The fourth-order valence-electron chi connectivity index (χ4n) is 0.611. The molecular weight excluding hydrogens is 231 g/mol. The lowest BCUT2D eigenvalue weighted by Gasteiger charge is -1.95. The van der Waals surface area contributed by atoms with Crippen molar-refractivity contribution in [2.75, 3.05) is 0 Å². The van der Waals surface area contributed by atoms with Crippen molar-refractivity contribution in [2.45, 2.75) is 6.54 Å².